The first-order valence-corrected chi connectivity index (χ1v) is 14.8. The van der Waals surface area contributed by atoms with Crippen molar-refractivity contribution in [2.75, 3.05) is 13.1 Å². The van der Waals surface area contributed by atoms with Crippen molar-refractivity contribution in [3.05, 3.63) is 71.4 Å². The number of hydrogen-bond acceptors (Lipinski definition) is 6. The molecule has 3 heterocycles. The van der Waals surface area contributed by atoms with Crippen molar-refractivity contribution in [3.63, 3.8) is 0 Å². The number of carbonyl (C=O) groups is 4. The molecule has 5 amide bonds. The van der Waals surface area contributed by atoms with Crippen LogP contribution >= 0.6 is 0 Å². The molecule has 2 fully saturated rings. The van der Waals surface area contributed by atoms with Crippen LogP contribution in [0.15, 0.2) is 54.6 Å². The molecule has 43 heavy (non-hydrogen) atoms. The Labute approximate surface area is 251 Å². The molecule has 10 heteroatoms. The fraction of sp³-hybridized carbons (Fsp3) is 0.424. The number of urea groups is 1. The molecule has 0 bridgehead atoms. The molecule has 2 aromatic carbocycles. The lowest BCUT2D eigenvalue weighted by Crippen LogP contribution is -2.51. The van der Waals surface area contributed by atoms with Crippen LogP contribution in [0.4, 0.5) is 4.79 Å². The number of aryl methyl sites for hydroxylation is 1. The average molecular weight is 586 g/mol. The zero-order valence-corrected chi connectivity index (χ0v) is 25.1. The van der Waals surface area contributed by atoms with Gasteiger partial charge in [-0.15, -0.1) is 0 Å². The number of fused-ring (bicyclic) bond motifs is 1. The average Bonchev–Trinajstić information content (AvgIpc) is 3.30. The molecule has 2 aliphatic rings. The summed E-state index contributed by atoms with van der Waals surface area (Å²) in [5.41, 5.74) is 2.87. The monoisotopic (exact) mass is 585 g/mol. The van der Waals surface area contributed by atoms with Gasteiger partial charge in [-0.1, -0.05) is 39.0 Å². The highest BCUT2D eigenvalue weighted by molar-refractivity contribution is 6.04. The Morgan fingerprint density at radius 2 is 1.77 bits per heavy atom. The Kier molecular flexibility index (Phi) is 8.66. The smallest absolute Gasteiger partial charge is 0.322 e. The van der Waals surface area contributed by atoms with E-state index in [1.807, 2.05) is 62.9 Å². The predicted octanol–water partition coefficient (Wildman–Crippen LogP) is 4.10. The number of amides is 5. The van der Waals surface area contributed by atoms with E-state index < -0.39 is 23.4 Å². The highest BCUT2D eigenvalue weighted by Gasteiger charge is 2.37. The molecule has 2 aliphatic heterocycles. The molecule has 3 N–H and O–H groups in total. The summed E-state index contributed by atoms with van der Waals surface area (Å²) < 4.78 is 6.05. The van der Waals surface area contributed by atoms with E-state index in [1.165, 1.54) is 0 Å². The van der Waals surface area contributed by atoms with Crippen molar-refractivity contribution in [1.29, 1.82) is 0 Å². The van der Waals surface area contributed by atoms with Gasteiger partial charge in [0.15, 0.2) is 0 Å². The van der Waals surface area contributed by atoms with Crippen LogP contribution in [-0.2, 0) is 16.2 Å². The molecule has 2 unspecified atom stereocenters. The highest BCUT2D eigenvalue weighted by atomic mass is 16.5. The van der Waals surface area contributed by atoms with Crippen molar-refractivity contribution in [2.45, 2.75) is 65.6 Å². The molecule has 2 saturated heterocycles. The number of nitrogens with one attached hydrogen (secondary N) is 3. The molecule has 226 valence electrons. The van der Waals surface area contributed by atoms with Gasteiger partial charge in [-0.05, 0) is 68.5 Å². The quantitative estimate of drug-likeness (QED) is 0.342. The van der Waals surface area contributed by atoms with E-state index in [-0.39, 0.29) is 30.2 Å². The van der Waals surface area contributed by atoms with Gasteiger partial charge >= 0.3 is 6.03 Å². The van der Waals surface area contributed by atoms with Crippen LogP contribution in [0.25, 0.3) is 10.9 Å². The van der Waals surface area contributed by atoms with E-state index >= 15 is 0 Å². The summed E-state index contributed by atoms with van der Waals surface area (Å²) in [5, 5.41) is 9.08. The zero-order valence-electron chi connectivity index (χ0n) is 25.1. The van der Waals surface area contributed by atoms with Gasteiger partial charge in [-0.2, -0.15) is 0 Å². The third-order valence-corrected chi connectivity index (χ3v) is 8.14. The topological polar surface area (TPSA) is 130 Å². The van der Waals surface area contributed by atoms with Crippen molar-refractivity contribution in [3.8, 4) is 5.75 Å². The molecular weight excluding hydrogens is 546 g/mol. The van der Waals surface area contributed by atoms with E-state index in [9.17, 15) is 19.2 Å². The number of para-hydroxylation sites is 1. The number of imide groups is 1. The van der Waals surface area contributed by atoms with Crippen LogP contribution in [0.3, 0.4) is 0 Å². The number of nitrogens with zero attached hydrogens (tertiary/aromatic N) is 2. The van der Waals surface area contributed by atoms with Gasteiger partial charge in [0.25, 0.3) is 11.8 Å². The van der Waals surface area contributed by atoms with Crippen LogP contribution in [0, 0.1) is 18.3 Å². The third kappa shape index (κ3) is 7.13. The largest absolute Gasteiger partial charge is 0.489 e. The summed E-state index contributed by atoms with van der Waals surface area (Å²) in [6, 6.07) is 15.3. The lowest BCUT2D eigenvalue weighted by atomic mass is 9.84. The fourth-order valence-electron chi connectivity index (χ4n) is 5.86. The third-order valence-electron chi connectivity index (χ3n) is 8.14. The summed E-state index contributed by atoms with van der Waals surface area (Å²) in [6.07, 6.45) is 1.64. The van der Waals surface area contributed by atoms with Crippen LogP contribution in [0.5, 0.6) is 5.75 Å². The van der Waals surface area contributed by atoms with E-state index in [0.717, 1.165) is 22.2 Å². The second-order valence-corrected chi connectivity index (χ2v) is 12.5. The molecular formula is C33H39N5O5. The predicted molar refractivity (Wildman–Crippen MR) is 162 cm³/mol. The minimum absolute atomic E-state index is 0.0412. The number of benzene rings is 2. The summed E-state index contributed by atoms with van der Waals surface area (Å²) in [5.74, 6) is 0.101. The summed E-state index contributed by atoms with van der Waals surface area (Å²) in [7, 11) is 0. The maximum Gasteiger partial charge on any atom is 0.322 e. The number of hydrogen-bond donors (Lipinski definition) is 3. The summed E-state index contributed by atoms with van der Waals surface area (Å²) in [4.78, 5) is 56.7. The Hall–Kier alpha value is -4.47. The summed E-state index contributed by atoms with van der Waals surface area (Å²) in [6.45, 7) is 9.20. The van der Waals surface area contributed by atoms with Gasteiger partial charge in [0.05, 0.1) is 5.52 Å². The van der Waals surface area contributed by atoms with E-state index in [1.54, 1.807) is 24.3 Å². The number of ether oxygens (including phenoxy) is 1. The first-order chi connectivity index (χ1) is 20.5. The fourth-order valence-corrected chi connectivity index (χ4v) is 5.86. The standard InChI is InChI=1S/C33H39N5O5/c1-20-17-23(25-7-5-6-8-26(25)34-20)19-43-24-11-9-22(10-12-24)29(39)35-27(18-28-30(40)37-32(42)36-28)21-13-15-38(16-14-21)31(41)33(2,3)4/h5-12,17,21,27-28H,13-16,18-19H2,1-4H3,(H,35,39)(H2,36,37,40,42). The second-order valence-electron chi connectivity index (χ2n) is 12.5. The highest BCUT2D eigenvalue weighted by Crippen LogP contribution is 2.28. The second kappa shape index (κ2) is 12.4. The van der Waals surface area contributed by atoms with E-state index in [0.29, 0.717) is 43.9 Å². The Bertz CT molecular complexity index is 1520. The van der Waals surface area contributed by atoms with Crippen molar-refractivity contribution in [1.82, 2.24) is 25.8 Å². The number of aromatic nitrogens is 1. The SMILES string of the molecule is Cc1cc(COc2ccc(C(=O)NC(CC3NC(=O)NC3=O)C3CCN(C(=O)C(C)(C)C)CC3)cc2)c2ccccc2n1. The van der Waals surface area contributed by atoms with Crippen LogP contribution < -0.4 is 20.7 Å². The van der Waals surface area contributed by atoms with E-state index in [2.05, 4.69) is 20.9 Å². The van der Waals surface area contributed by atoms with Gasteiger partial charge in [-0.25, -0.2) is 4.79 Å². The Morgan fingerprint density at radius 3 is 2.42 bits per heavy atom. The first kappa shape index (κ1) is 30.0. The zero-order chi connectivity index (χ0) is 30.7. The minimum Gasteiger partial charge on any atom is -0.489 e. The number of pyridine rings is 1. The molecule has 0 spiro atoms. The van der Waals surface area contributed by atoms with Crippen LogP contribution in [0.2, 0.25) is 0 Å². The van der Waals surface area contributed by atoms with Gasteiger partial charge < -0.3 is 20.3 Å². The first-order valence-electron chi connectivity index (χ1n) is 14.8. The molecule has 1 aromatic heterocycles. The van der Waals surface area contributed by atoms with Gasteiger partial charge in [0, 0.05) is 46.8 Å². The van der Waals surface area contributed by atoms with Gasteiger partial charge in [0.2, 0.25) is 5.91 Å². The van der Waals surface area contributed by atoms with Crippen LogP contribution in [0.1, 0.15) is 61.6 Å². The normalized spacial score (nSPS) is 18.2. The lowest BCUT2D eigenvalue weighted by molar-refractivity contribution is -0.141. The molecule has 3 aromatic rings. The van der Waals surface area contributed by atoms with Crippen LogP contribution in [-0.4, -0.2) is 58.8 Å². The number of likely N-dealkylation sites (tertiary alicyclic amines) is 1. The number of rotatable bonds is 8. The Balaban J connectivity index is 1.24. The molecule has 2 atom stereocenters. The van der Waals surface area contributed by atoms with E-state index in [4.69, 9.17) is 4.74 Å². The number of piperidine rings is 1. The lowest BCUT2D eigenvalue weighted by Gasteiger charge is -2.39. The van der Waals surface area contributed by atoms with Crippen molar-refractivity contribution in [2.24, 2.45) is 11.3 Å². The molecule has 10 nitrogen and oxygen atoms in total. The maximum absolute atomic E-state index is 13.4. The maximum atomic E-state index is 13.4. The van der Waals surface area contributed by atoms with Gasteiger partial charge in [0.1, 0.15) is 18.4 Å². The summed E-state index contributed by atoms with van der Waals surface area (Å²) >= 11 is 0. The molecule has 0 aliphatic carbocycles. The van der Waals surface area contributed by atoms with Gasteiger partial charge in [-0.3, -0.25) is 24.7 Å². The molecule has 5 rings (SSSR count). The molecule has 0 radical (unpaired) electrons. The minimum atomic E-state index is -0.726. The van der Waals surface area contributed by atoms with Crippen molar-refractivity contribution >= 4 is 34.7 Å². The number of carbonyl (C=O) groups excluding carboxylic acids is 4. The molecule has 0 saturated carbocycles. The van der Waals surface area contributed by atoms with Crippen molar-refractivity contribution < 1.29 is 23.9 Å². The Morgan fingerprint density at radius 1 is 1.07 bits per heavy atom.